The normalized spacial score (nSPS) is 11.4. The van der Waals surface area contributed by atoms with Crippen molar-refractivity contribution in [3.05, 3.63) is 41.7 Å². The third kappa shape index (κ3) is 6.05. The molecule has 0 saturated heterocycles. The quantitative estimate of drug-likeness (QED) is 0.266. The van der Waals surface area contributed by atoms with Crippen LogP contribution in [-0.2, 0) is 16.0 Å². The van der Waals surface area contributed by atoms with Crippen LogP contribution < -0.4 is 0 Å². The van der Waals surface area contributed by atoms with Gasteiger partial charge in [0.15, 0.2) is 6.29 Å². The van der Waals surface area contributed by atoms with Crippen LogP contribution in [0.5, 0.6) is 0 Å². The Morgan fingerprint density at radius 1 is 1.05 bits per heavy atom. The van der Waals surface area contributed by atoms with Crippen molar-refractivity contribution in [2.45, 2.75) is 52.4 Å². The number of benzene rings is 1. The van der Waals surface area contributed by atoms with Gasteiger partial charge in [-0.05, 0) is 30.9 Å². The Bertz CT molecular complexity index is 404. The van der Waals surface area contributed by atoms with Crippen molar-refractivity contribution in [3.8, 4) is 0 Å². The van der Waals surface area contributed by atoms with Crippen LogP contribution in [0, 0.1) is 0 Å². The molecule has 0 bridgehead atoms. The lowest BCUT2D eigenvalue weighted by molar-refractivity contribution is -0.103. The molecule has 0 aliphatic heterocycles. The molecule has 0 aliphatic carbocycles. The number of aryl methyl sites for hydroxylation is 1. The molecule has 0 amide bonds. The Morgan fingerprint density at radius 2 is 1.75 bits per heavy atom. The summed E-state index contributed by atoms with van der Waals surface area (Å²) in [7, 11) is 0. The summed E-state index contributed by atoms with van der Waals surface area (Å²) in [6, 6.07) is 8.22. The average Bonchev–Trinajstić information content (AvgIpc) is 2.49. The molecule has 0 heterocycles. The molecule has 0 aliphatic rings. The van der Waals surface area contributed by atoms with Crippen LogP contribution in [0.15, 0.2) is 30.5 Å². The third-order valence-corrected chi connectivity index (χ3v) is 3.36. The molecule has 2 heteroatoms. The van der Waals surface area contributed by atoms with Gasteiger partial charge in [-0.2, -0.15) is 0 Å². The van der Waals surface area contributed by atoms with Crippen LogP contribution in [0.1, 0.15) is 57.1 Å². The molecule has 0 unspecified atom stereocenters. The van der Waals surface area contributed by atoms with Crippen molar-refractivity contribution in [1.82, 2.24) is 0 Å². The average molecular weight is 274 g/mol. The first kappa shape index (κ1) is 16.5. The van der Waals surface area contributed by atoms with E-state index in [1.807, 2.05) is 19.1 Å². The Hall–Kier alpha value is -1.57. The van der Waals surface area contributed by atoms with Gasteiger partial charge in [-0.25, -0.2) is 0 Å². The number of allylic oxidation sites excluding steroid dienone is 1. The van der Waals surface area contributed by atoms with E-state index in [-0.39, 0.29) is 0 Å². The van der Waals surface area contributed by atoms with Crippen LogP contribution in [0.4, 0.5) is 0 Å². The molecule has 0 radical (unpaired) electrons. The van der Waals surface area contributed by atoms with Gasteiger partial charge >= 0.3 is 0 Å². The van der Waals surface area contributed by atoms with Crippen molar-refractivity contribution in [1.29, 1.82) is 0 Å². The first-order valence-electron chi connectivity index (χ1n) is 7.68. The predicted molar refractivity (Wildman–Crippen MR) is 84.6 cm³/mol. The lowest BCUT2D eigenvalue weighted by Gasteiger charge is -2.05. The number of carbonyl (C=O) groups excluding carboxylic acids is 1. The lowest BCUT2D eigenvalue weighted by atomic mass is 10.0. The first-order chi connectivity index (χ1) is 9.81. The third-order valence-electron chi connectivity index (χ3n) is 3.36. The van der Waals surface area contributed by atoms with Crippen molar-refractivity contribution in [2.75, 3.05) is 6.61 Å². The zero-order chi connectivity index (χ0) is 14.6. The number of aldehydes is 1. The van der Waals surface area contributed by atoms with Gasteiger partial charge in [-0.15, -0.1) is 0 Å². The van der Waals surface area contributed by atoms with Crippen molar-refractivity contribution < 1.29 is 9.53 Å². The molecule has 1 aromatic carbocycles. The van der Waals surface area contributed by atoms with Gasteiger partial charge in [-0.3, -0.25) is 4.79 Å². The number of hydrogen-bond donors (Lipinski definition) is 0. The van der Waals surface area contributed by atoms with Crippen LogP contribution in [0.3, 0.4) is 0 Å². The minimum absolute atomic E-state index is 0.577. The van der Waals surface area contributed by atoms with E-state index in [1.165, 1.54) is 43.9 Å². The Kier molecular flexibility index (Phi) is 8.44. The molecule has 20 heavy (non-hydrogen) atoms. The smallest absolute Gasteiger partial charge is 0.153 e. The largest absolute Gasteiger partial charge is 0.501 e. The van der Waals surface area contributed by atoms with E-state index in [4.69, 9.17) is 4.74 Å². The molecule has 1 rings (SSSR count). The van der Waals surface area contributed by atoms with Gasteiger partial charge in [-0.1, -0.05) is 56.9 Å². The van der Waals surface area contributed by atoms with E-state index >= 15 is 0 Å². The number of rotatable bonds is 10. The molecule has 2 nitrogen and oxygen atoms in total. The SMILES string of the molecule is CCCCCCCc1ccc(/C(C=O)=C\OCC)cc1. The number of hydrogen-bond acceptors (Lipinski definition) is 2. The van der Waals surface area contributed by atoms with Gasteiger partial charge in [0.25, 0.3) is 0 Å². The summed E-state index contributed by atoms with van der Waals surface area (Å²) >= 11 is 0. The number of unbranched alkanes of at least 4 members (excludes halogenated alkanes) is 4. The highest BCUT2D eigenvalue weighted by atomic mass is 16.5. The van der Waals surface area contributed by atoms with Crippen LogP contribution in [0.25, 0.3) is 5.57 Å². The highest BCUT2D eigenvalue weighted by molar-refractivity contribution is 6.06. The second-order valence-electron chi connectivity index (χ2n) is 5.01. The van der Waals surface area contributed by atoms with Crippen LogP contribution in [0.2, 0.25) is 0 Å². The Labute approximate surface area is 122 Å². The molecular weight excluding hydrogens is 248 g/mol. The van der Waals surface area contributed by atoms with Crippen molar-refractivity contribution in [2.24, 2.45) is 0 Å². The van der Waals surface area contributed by atoms with Gasteiger partial charge in [0.1, 0.15) is 0 Å². The summed E-state index contributed by atoms with van der Waals surface area (Å²) in [5.74, 6) is 0. The summed E-state index contributed by atoms with van der Waals surface area (Å²) in [6.45, 7) is 4.72. The van der Waals surface area contributed by atoms with Crippen molar-refractivity contribution in [3.63, 3.8) is 0 Å². The topological polar surface area (TPSA) is 26.3 Å². The molecule has 0 aromatic heterocycles. The second-order valence-corrected chi connectivity index (χ2v) is 5.01. The molecule has 0 spiro atoms. The first-order valence-corrected chi connectivity index (χ1v) is 7.68. The van der Waals surface area contributed by atoms with E-state index in [1.54, 1.807) is 0 Å². The highest BCUT2D eigenvalue weighted by Gasteiger charge is 2.01. The zero-order valence-corrected chi connectivity index (χ0v) is 12.7. The monoisotopic (exact) mass is 274 g/mol. The second kappa shape index (κ2) is 10.2. The van der Waals surface area contributed by atoms with Gasteiger partial charge in [0, 0.05) is 0 Å². The minimum Gasteiger partial charge on any atom is -0.501 e. The summed E-state index contributed by atoms with van der Waals surface area (Å²) in [4.78, 5) is 11.0. The molecule has 0 saturated carbocycles. The zero-order valence-electron chi connectivity index (χ0n) is 12.7. The van der Waals surface area contributed by atoms with Crippen LogP contribution >= 0.6 is 0 Å². The summed E-state index contributed by atoms with van der Waals surface area (Å²) < 4.78 is 5.18. The summed E-state index contributed by atoms with van der Waals surface area (Å²) in [5, 5.41) is 0. The van der Waals surface area contributed by atoms with E-state index in [2.05, 4.69) is 19.1 Å². The number of ether oxygens (including phenoxy) is 1. The highest BCUT2D eigenvalue weighted by Crippen LogP contribution is 2.15. The predicted octanol–water partition coefficient (Wildman–Crippen LogP) is 4.78. The molecular formula is C18H26O2. The molecule has 0 fully saturated rings. The van der Waals surface area contributed by atoms with Gasteiger partial charge < -0.3 is 4.74 Å². The fraction of sp³-hybridized carbons (Fsp3) is 0.500. The molecule has 0 atom stereocenters. The Balaban J connectivity index is 2.48. The minimum atomic E-state index is 0.577. The van der Waals surface area contributed by atoms with E-state index in [0.29, 0.717) is 12.2 Å². The van der Waals surface area contributed by atoms with Gasteiger partial charge in [0.05, 0.1) is 18.4 Å². The fourth-order valence-corrected chi connectivity index (χ4v) is 2.13. The van der Waals surface area contributed by atoms with E-state index < -0.39 is 0 Å². The number of carbonyl (C=O) groups is 1. The molecule has 110 valence electrons. The maximum Gasteiger partial charge on any atom is 0.153 e. The molecule has 0 N–H and O–H groups in total. The molecule has 1 aromatic rings. The lowest BCUT2D eigenvalue weighted by Crippen LogP contribution is -1.91. The van der Waals surface area contributed by atoms with Crippen LogP contribution in [-0.4, -0.2) is 12.9 Å². The fourth-order valence-electron chi connectivity index (χ4n) is 2.13. The van der Waals surface area contributed by atoms with E-state index in [9.17, 15) is 4.79 Å². The summed E-state index contributed by atoms with van der Waals surface area (Å²) in [5.41, 5.74) is 2.86. The van der Waals surface area contributed by atoms with Crippen molar-refractivity contribution >= 4 is 11.9 Å². The van der Waals surface area contributed by atoms with Gasteiger partial charge in [0.2, 0.25) is 0 Å². The maximum absolute atomic E-state index is 11.0. The summed E-state index contributed by atoms with van der Waals surface area (Å²) in [6.07, 6.45) is 10.0. The van der Waals surface area contributed by atoms with E-state index in [0.717, 1.165) is 18.3 Å². The Morgan fingerprint density at radius 3 is 2.35 bits per heavy atom. The standard InChI is InChI=1S/C18H26O2/c1-3-5-6-7-8-9-16-10-12-17(13-11-16)18(14-19)15-20-4-2/h10-15H,3-9H2,1-2H3/b18-15-. The maximum atomic E-state index is 11.0.